The van der Waals surface area contributed by atoms with E-state index in [0.29, 0.717) is 19.6 Å². The van der Waals surface area contributed by atoms with Crippen LogP contribution in [0.5, 0.6) is 0 Å². The first-order valence-corrected chi connectivity index (χ1v) is 8.59. The Balaban J connectivity index is 1.87. The number of rotatable bonds is 2. The molecule has 3 atom stereocenters. The average Bonchev–Trinajstić information content (AvgIpc) is 2.31. The third kappa shape index (κ3) is 3.90. The van der Waals surface area contributed by atoms with Gasteiger partial charge >= 0.3 is 0 Å². The molecule has 0 spiro atoms. The van der Waals surface area contributed by atoms with Crippen LogP contribution >= 0.6 is 0 Å². The number of hydrogen-bond acceptors (Lipinski definition) is 5. The topological polar surface area (TPSA) is 86.7 Å². The van der Waals surface area contributed by atoms with Gasteiger partial charge in [-0.15, -0.1) is 0 Å². The number of aliphatic hydroxyl groups is 1. The summed E-state index contributed by atoms with van der Waals surface area (Å²) in [5, 5.41) is 12.9. The first kappa shape index (κ1) is 14.7. The molecule has 0 aromatic heterocycles. The number of aliphatic hydroxyl groups excluding tert-OH is 1. The normalized spacial score (nSPS) is 35.1. The van der Waals surface area contributed by atoms with Crippen LogP contribution in [0.1, 0.15) is 19.8 Å². The number of likely N-dealkylation sites (tertiary alicyclic amines) is 1. The molecule has 2 aliphatic heterocycles. The number of sulfone groups is 1. The summed E-state index contributed by atoms with van der Waals surface area (Å²) in [5.74, 6) is 0.334. The van der Waals surface area contributed by atoms with Gasteiger partial charge in [0.15, 0.2) is 9.84 Å². The number of nitrogens with one attached hydrogen (secondary N) is 1. The number of nitrogens with zero attached hydrogens (tertiary/aromatic N) is 1. The van der Waals surface area contributed by atoms with Crippen molar-refractivity contribution in [3.05, 3.63) is 0 Å². The number of hydrogen-bond donors (Lipinski definition) is 2. The maximum Gasteiger partial charge on any atom is 0.224 e. The smallest absolute Gasteiger partial charge is 0.224 e. The SMILES string of the molecule is CC1CCN(C(=O)CC2CS(=O)(=O)CCN2)CC1O. The third-order valence-electron chi connectivity index (χ3n) is 3.99. The van der Waals surface area contributed by atoms with E-state index >= 15 is 0 Å². The van der Waals surface area contributed by atoms with E-state index in [-0.39, 0.29) is 35.8 Å². The monoisotopic (exact) mass is 290 g/mol. The summed E-state index contributed by atoms with van der Waals surface area (Å²) in [4.78, 5) is 13.8. The highest BCUT2D eigenvalue weighted by Crippen LogP contribution is 2.18. The standard InChI is InChI=1S/C12H22N2O4S/c1-9-2-4-14(7-11(9)15)12(16)6-10-8-19(17,18)5-3-13-10/h9-11,13,15H,2-8H2,1H3. The van der Waals surface area contributed by atoms with Crippen molar-refractivity contribution in [3.63, 3.8) is 0 Å². The summed E-state index contributed by atoms with van der Waals surface area (Å²) in [7, 11) is -3.01. The molecule has 0 saturated carbocycles. The molecule has 0 aromatic rings. The quantitative estimate of drug-likeness (QED) is 0.681. The second-order valence-electron chi connectivity index (χ2n) is 5.64. The molecule has 2 N–H and O–H groups in total. The molecular weight excluding hydrogens is 268 g/mol. The largest absolute Gasteiger partial charge is 0.391 e. The zero-order valence-corrected chi connectivity index (χ0v) is 12.0. The first-order chi connectivity index (χ1) is 8.87. The summed E-state index contributed by atoms with van der Waals surface area (Å²) >= 11 is 0. The van der Waals surface area contributed by atoms with Crippen molar-refractivity contribution in [1.82, 2.24) is 10.2 Å². The van der Waals surface area contributed by atoms with Crippen LogP contribution in [0, 0.1) is 5.92 Å². The van der Waals surface area contributed by atoms with Crippen LogP contribution in [-0.4, -0.2) is 67.6 Å². The fraction of sp³-hybridized carbons (Fsp3) is 0.917. The van der Waals surface area contributed by atoms with Gasteiger partial charge in [0, 0.05) is 32.1 Å². The summed E-state index contributed by atoms with van der Waals surface area (Å²) in [6.45, 7) is 3.40. The van der Waals surface area contributed by atoms with Crippen LogP contribution in [0.4, 0.5) is 0 Å². The highest BCUT2D eigenvalue weighted by molar-refractivity contribution is 7.91. The molecule has 0 aromatic carbocycles. The van der Waals surface area contributed by atoms with Gasteiger partial charge in [-0.1, -0.05) is 6.92 Å². The van der Waals surface area contributed by atoms with Crippen LogP contribution in [-0.2, 0) is 14.6 Å². The van der Waals surface area contributed by atoms with Crippen molar-refractivity contribution in [2.45, 2.75) is 31.9 Å². The van der Waals surface area contributed by atoms with E-state index in [1.807, 2.05) is 6.92 Å². The number of piperidine rings is 1. The van der Waals surface area contributed by atoms with Gasteiger partial charge in [0.25, 0.3) is 0 Å². The zero-order valence-electron chi connectivity index (χ0n) is 11.2. The van der Waals surface area contributed by atoms with Crippen molar-refractivity contribution in [2.75, 3.05) is 31.1 Å². The van der Waals surface area contributed by atoms with E-state index in [9.17, 15) is 18.3 Å². The highest BCUT2D eigenvalue weighted by atomic mass is 32.2. The van der Waals surface area contributed by atoms with Gasteiger partial charge in [0.1, 0.15) is 0 Å². The highest BCUT2D eigenvalue weighted by Gasteiger charge is 2.31. The van der Waals surface area contributed by atoms with Crippen molar-refractivity contribution in [1.29, 1.82) is 0 Å². The Hall–Kier alpha value is -0.660. The number of β-amino-alcohol motifs (C(OH)–C–C–N with tert-alkyl or cyclic N) is 1. The lowest BCUT2D eigenvalue weighted by Gasteiger charge is -2.35. The van der Waals surface area contributed by atoms with Crippen LogP contribution < -0.4 is 5.32 Å². The minimum Gasteiger partial charge on any atom is -0.391 e. The summed E-state index contributed by atoms with van der Waals surface area (Å²) in [6.07, 6.45) is 0.518. The Kier molecular flexibility index (Phi) is 4.47. The fourth-order valence-electron chi connectivity index (χ4n) is 2.61. The van der Waals surface area contributed by atoms with Crippen molar-refractivity contribution in [3.8, 4) is 0 Å². The molecule has 0 bridgehead atoms. The number of carbonyl (C=O) groups is 1. The lowest BCUT2D eigenvalue weighted by Crippen LogP contribution is -2.50. The van der Waals surface area contributed by atoms with Crippen LogP contribution in [0.25, 0.3) is 0 Å². The zero-order chi connectivity index (χ0) is 14.0. The van der Waals surface area contributed by atoms with Gasteiger partial charge in [-0.05, 0) is 12.3 Å². The van der Waals surface area contributed by atoms with E-state index in [2.05, 4.69) is 5.32 Å². The predicted octanol–water partition coefficient (Wildman–Crippen LogP) is -1.01. The van der Waals surface area contributed by atoms with E-state index in [1.54, 1.807) is 4.90 Å². The molecule has 110 valence electrons. The van der Waals surface area contributed by atoms with Crippen LogP contribution in [0.2, 0.25) is 0 Å². The van der Waals surface area contributed by atoms with Crippen molar-refractivity contribution >= 4 is 15.7 Å². The Labute approximate surface area is 114 Å². The number of amides is 1. The molecule has 6 nitrogen and oxygen atoms in total. The minimum absolute atomic E-state index is 0.0333. The van der Waals surface area contributed by atoms with Gasteiger partial charge < -0.3 is 15.3 Å². The lowest BCUT2D eigenvalue weighted by atomic mass is 9.95. The van der Waals surface area contributed by atoms with E-state index < -0.39 is 15.9 Å². The molecule has 2 rings (SSSR count). The lowest BCUT2D eigenvalue weighted by molar-refractivity contribution is -0.135. The predicted molar refractivity (Wildman–Crippen MR) is 71.4 cm³/mol. The summed E-state index contributed by atoms with van der Waals surface area (Å²) in [5.41, 5.74) is 0. The molecule has 19 heavy (non-hydrogen) atoms. The third-order valence-corrected chi connectivity index (χ3v) is 5.73. The Bertz CT molecular complexity index is 437. The Morgan fingerprint density at radius 2 is 2.21 bits per heavy atom. The van der Waals surface area contributed by atoms with E-state index in [0.717, 1.165) is 6.42 Å². The van der Waals surface area contributed by atoms with Crippen LogP contribution in [0.3, 0.4) is 0 Å². The number of carbonyl (C=O) groups excluding carboxylic acids is 1. The van der Waals surface area contributed by atoms with Crippen LogP contribution in [0.15, 0.2) is 0 Å². The molecule has 2 aliphatic rings. The van der Waals surface area contributed by atoms with Gasteiger partial charge in [-0.25, -0.2) is 8.42 Å². The van der Waals surface area contributed by atoms with Gasteiger partial charge in [-0.3, -0.25) is 4.79 Å². The Morgan fingerprint density at radius 1 is 1.47 bits per heavy atom. The van der Waals surface area contributed by atoms with Gasteiger partial charge in [-0.2, -0.15) is 0 Å². The van der Waals surface area contributed by atoms with Gasteiger partial charge in [0.2, 0.25) is 5.91 Å². The van der Waals surface area contributed by atoms with Crippen molar-refractivity contribution in [2.24, 2.45) is 5.92 Å². The fourth-order valence-corrected chi connectivity index (χ4v) is 4.06. The first-order valence-electron chi connectivity index (χ1n) is 6.77. The minimum atomic E-state index is -3.01. The maximum absolute atomic E-state index is 12.1. The molecule has 1 amide bonds. The summed E-state index contributed by atoms with van der Waals surface area (Å²) in [6, 6.07) is -0.289. The molecule has 2 saturated heterocycles. The van der Waals surface area contributed by atoms with E-state index in [4.69, 9.17) is 0 Å². The Morgan fingerprint density at radius 3 is 2.84 bits per heavy atom. The molecule has 2 heterocycles. The molecule has 2 fully saturated rings. The van der Waals surface area contributed by atoms with E-state index in [1.165, 1.54) is 0 Å². The average molecular weight is 290 g/mol. The molecule has 0 aliphatic carbocycles. The molecule has 7 heteroatoms. The second-order valence-corrected chi connectivity index (χ2v) is 7.87. The molecule has 0 radical (unpaired) electrons. The van der Waals surface area contributed by atoms with Gasteiger partial charge in [0.05, 0.1) is 17.6 Å². The molecular formula is C12H22N2O4S. The van der Waals surface area contributed by atoms with Crippen molar-refractivity contribution < 1.29 is 18.3 Å². The molecule has 3 unspecified atom stereocenters. The maximum atomic E-state index is 12.1. The second kappa shape index (κ2) is 5.76. The summed E-state index contributed by atoms with van der Waals surface area (Å²) < 4.78 is 23.0.